The Hall–Kier alpha value is -2.96. The molecule has 0 atom stereocenters. The van der Waals surface area contributed by atoms with Crippen molar-refractivity contribution < 1.29 is 9.18 Å². The number of hydrogen-bond donors (Lipinski definition) is 1. The van der Waals surface area contributed by atoms with Gasteiger partial charge in [-0.3, -0.25) is 10.2 Å². The summed E-state index contributed by atoms with van der Waals surface area (Å²) in [5.74, 6) is -0.390. The van der Waals surface area contributed by atoms with Crippen LogP contribution >= 0.6 is 11.8 Å². The summed E-state index contributed by atoms with van der Waals surface area (Å²) in [6.07, 6.45) is 4.63. The molecule has 162 valence electrons. The molecule has 2 heterocycles. The van der Waals surface area contributed by atoms with Gasteiger partial charge in [-0.15, -0.1) is 0 Å². The van der Waals surface area contributed by atoms with E-state index in [4.69, 9.17) is 4.99 Å². The Morgan fingerprint density at radius 1 is 0.906 bits per heavy atom. The van der Waals surface area contributed by atoms with Crippen LogP contribution in [0.4, 0.5) is 10.1 Å². The first-order valence-electron chi connectivity index (χ1n) is 11.0. The zero-order valence-electron chi connectivity index (χ0n) is 17.7. The molecule has 1 N–H and O–H groups in total. The third kappa shape index (κ3) is 4.47. The highest BCUT2D eigenvalue weighted by Gasteiger charge is 2.20. The third-order valence-electron chi connectivity index (χ3n) is 5.80. The molecule has 32 heavy (non-hydrogen) atoms. The number of benzene rings is 3. The van der Waals surface area contributed by atoms with Crippen molar-refractivity contribution in [3.63, 3.8) is 0 Å². The summed E-state index contributed by atoms with van der Waals surface area (Å²) in [7, 11) is 0. The summed E-state index contributed by atoms with van der Waals surface area (Å²) in [5, 5.41) is 2.03. The molecular weight excluding hydrogens is 421 g/mol. The molecule has 2 aliphatic heterocycles. The highest BCUT2D eigenvalue weighted by Crippen LogP contribution is 2.41. The van der Waals surface area contributed by atoms with Crippen LogP contribution in [0.2, 0.25) is 0 Å². The Labute approximate surface area is 191 Å². The highest BCUT2D eigenvalue weighted by atomic mass is 32.2. The first kappa shape index (κ1) is 20.9. The van der Waals surface area contributed by atoms with Crippen molar-refractivity contribution in [2.45, 2.75) is 35.5 Å². The van der Waals surface area contributed by atoms with Gasteiger partial charge in [-0.05, 0) is 61.4 Å². The van der Waals surface area contributed by atoms with Crippen molar-refractivity contribution in [3.8, 4) is 0 Å². The van der Waals surface area contributed by atoms with Crippen molar-refractivity contribution in [1.29, 1.82) is 0 Å². The van der Waals surface area contributed by atoms with Crippen LogP contribution in [0.1, 0.15) is 47.2 Å². The molecule has 5 rings (SSSR count). The minimum atomic E-state index is -0.279. The van der Waals surface area contributed by atoms with Gasteiger partial charge < -0.3 is 0 Å². The Morgan fingerprint density at radius 2 is 1.66 bits per heavy atom. The van der Waals surface area contributed by atoms with Gasteiger partial charge in [-0.1, -0.05) is 42.8 Å². The van der Waals surface area contributed by atoms with Gasteiger partial charge in [0.2, 0.25) is 0 Å². The molecule has 2 aliphatic rings. The number of carbonyl (C=O) groups is 1. The number of nitrogens with one attached hydrogen (secondary N) is 1. The van der Waals surface area contributed by atoms with E-state index in [2.05, 4.69) is 11.5 Å². The van der Waals surface area contributed by atoms with E-state index < -0.39 is 0 Å². The minimum absolute atomic E-state index is 0.111. The van der Waals surface area contributed by atoms with Gasteiger partial charge in [-0.2, -0.15) is 0 Å². The van der Waals surface area contributed by atoms with Crippen LogP contribution in [0.3, 0.4) is 0 Å². The SMILES string of the molecule is O=C(NN1CCCCCC1)c1ccc2c(c1)N=C(c1ccc(F)cc1)c1ccccc1S2. The zero-order valence-corrected chi connectivity index (χ0v) is 18.5. The quantitative estimate of drug-likeness (QED) is 0.422. The predicted octanol–water partition coefficient (Wildman–Crippen LogP) is 5.98. The van der Waals surface area contributed by atoms with Crippen molar-refractivity contribution in [3.05, 3.63) is 89.2 Å². The molecule has 6 heteroatoms. The molecule has 1 fully saturated rings. The summed E-state index contributed by atoms with van der Waals surface area (Å²) in [6.45, 7) is 1.77. The second-order valence-corrected chi connectivity index (χ2v) is 9.17. The van der Waals surface area contributed by atoms with E-state index in [0.717, 1.165) is 58.2 Å². The van der Waals surface area contributed by atoms with E-state index in [1.807, 2.05) is 41.4 Å². The monoisotopic (exact) mass is 445 g/mol. The fraction of sp³-hybridized carbons (Fsp3) is 0.231. The standard InChI is InChI=1S/C26H24FN3OS/c27-20-12-9-18(10-13-20)25-21-7-3-4-8-23(21)32-24-14-11-19(17-22(24)28-25)26(31)29-30-15-5-1-2-6-16-30/h3-4,7-14,17H,1-2,5-6,15-16H2,(H,29,31). The van der Waals surface area contributed by atoms with Crippen LogP contribution in [0.5, 0.6) is 0 Å². The first-order chi connectivity index (χ1) is 15.7. The molecule has 0 bridgehead atoms. The average molecular weight is 446 g/mol. The van der Waals surface area contributed by atoms with Crippen molar-refractivity contribution >= 4 is 29.1 Å². The Balaban J connectivity index is 1.51. The van der Waals surface area contributed by atoms with Crippen LogP contribution in [0, 0.1) is 5.82 Å². The lowest BCUT2D eigenvalue weighted by molar-refractivity contribution is 0.0794. The highest BCUT2D eigenvalue weighted by molar-refractivity contribution is 7.99. The number of halogens is 1. The topological polar surface area (TPSA) is 44.7 Å². The van der Waals surface area contributed by atoms with Crippen LogP contribution in [-0.4, -0.2) is 29.7 Å². The fourth-order valence-electron chi connectivity index (χ4n) is 4.10. The van der Waals surface area contributed by atoms with Crippen LogP contribution in [0.25, 0.3) is 0 Å². The number of hydrogen-bond acceptors (Lipinski definition) is 4. The van der Waals surface area contributed by atoms with Crippen molar-refractivity contribution in [2.24, 2.45) is 4.99 Å². The molecule has 1 saturated heterocycles. The Morgan fingerprint density at radius 3 is 2.44 bits per heavy atom. The van der Waals surface area contributed by atoms with Gasteiger partial charge in [0.25, 0.3) is 5.91 Å². The number of amides is 1. The third-order valence-corrected chi connectivity index (χ3v) is 6.94. The molecule has 0 saturated carbocycles. The van der Waals surface area contributed by atoms with E-state index in [1.165, 1.54) is 25.0 Å². The van der Waals surface area contributed by atoms with E-state index in [0.29, 0.717) is 5.56 Å². The van der Waals surface area contributed by atoms with E-state index >= 15 is 0 Å². The maximum atomic E-state index is 13.5. The van der Waals surface area contributed by atoms with Gasteiger partial charge in [0, 0.05) is 39.6 Å². The van der Waals surface area contributed by atoms with Crippen molar-refractivity contribution in [2.75, 3.05) is 13.1 Å². The predicted molar refractivity (Wildman–Crippen MR) is 126 cm³/mol. The number of fused-ring (bicyclic) bond motifs is 2. The second kappa shape index (κ2) is 9.27. The lowest BCUT2D eigenvalue weighted by Crippen LogP contribution is -2.42. The van der Waals surface area contributed by atoms with Gasteiger partial charge >= 0.3 is 0 Å². The summed E-state index contributed by atoms with van der Waals surface area (Å²) in [4.78, 5) is 20.0. The molecule has 0 aliphatic carbocycles. The van der Waals surface area contributed by atoms with Gasteiger partial charge in [-0.25, -0.2) is 14.4 Å². The number of carbonyl (C=O) groups excluding carboxylic acids is 1. The number of nitrogens with zero attached hydrogens (tertiary/aromatic N) is 2. The smallest absolute Gasteiger partial charge is 0.265 e. The number of aliphatic imine (C=N–C) groups is 1. The zero-order chi connectivity index (χ0) is 21.9. The van der Waals surface area contributed by atoms with E-state index in [9.17, 15) is 9.18 Å². The lowest BCUT2D eigenvalue weighted by atomic mass is 10.0. The largest absolute Gasteiger partial charge is 0.285 e. The molecule has 0 aromatic heterocycles. The molecule has 0 unspecified atom stereocenters. The lowest BCUT2D eigenvalue weighted by Gasteiger charge is -2.21. The number of rotatable bonds is 3. The normalized spacial score (nSPS) is 16.2. The molecular formula is C26H24FN3OS. The number of hydrazine groups is 1. The molecule has 4 nitrogen and oxygen atoms in total. The minimum Gasteiger partial charge on any atom is -0.285 e. The van der Waals surface area contributed by atoms with E-state index in [-0.39, 0.29) is 11.7 Å². The second-order valence-electron chi connectivity index (χ2n) is 8.09. The molecule has 1 amide bonds. The average Bonchev–Trinajstić information content (AvgIpc) is 3.16. The maximum Gasteiger partial charge on any atom is 0.265 e. The van der Waals surface area contributed by atoms with Crippen LogP contribution in [0.15, 0.2) is 81.5 Å². The van der Waals surface area contributed by atoms with E-state index in [1.54, 1.807) is 23.9 Å². The molecule has 0 radical (unpaired) electrons. The summed E-state index contributed by atoms with van der Waals surface area (Å²) < 4.78 is 13.5. The molecule has 0 spiro atoms. The molecule has 3 aromatic rings. The van der Waals surface area contributed by atoms with Gasteiger partial charge in [0.1, 0.15) is 5.82 Å². The summed E-state index contributed by atoms with van der Waals surface area (Å²) in [5.41, 5.74) is 7.00. The van der Waals surface area contributed by atoms with Crippen molar-refractivity contribution in [1.82, 2.24) is 10.4 Å². The summed E-state index contributed by atoms with van der Waals surface area (Å²) >= 11 is 1.63. The van der Waals surface area contributed by atoms with Crippen LogP contribution < -0.4 is 5.43 Å². The summed E-state index contributed by atoms with van der Waals surface area (Å²) in [6, 6.07) is 20.1. The van der Waals surface area contributed by atoms with Crippen LogP contribution in [-0.2, 0) is 0 Å². The fourth-order valence-corrected chi connectivity index (χ4v) is 5.10. The Kier molecular flexibility index (Phi) is 6.06. The molecule has 3 aromatic carbocycles. The van der Waals surface area contributed by atoms with Gasteiger partial charge in [0.05, 0.1) is 11.4 Å². The van der Waals surface area contributed by atoms with Gasteiger partial charge in [0.15, 0.2) is 0 Å². The first-order valence-corrected chi connectivity index (χ1v) is 11.8. The Bertz CT molecular complexity index is 1170. The maximum absolute atomic E-state index is 13.5.